The van der Waals surface area contributed by atoms with Crippen LogP contribution in [0.4, 0.5) is 4.79 Å². The number of hydrogen-bond acceptors (Lipinski definition) is 2. The standard InChI is InChI=1S/C16H26N2O2/c1-7-20-14-9-11(2)13(8-12(14)3)10-17-15(19)18-16(4,5)6/h8-9H,7,10H2,1-6H3,(H2,17,18,19). The number of urea groups is 1. The van der Waals surface area contributed by atoms with E-state index < -0.39 is 0 Å². The first-order chi connectivity index (χ1) is 9.23. The maximum atomic E-state index is 11.8. The van der Waals surface area contributed by atoms with Gasteiger partial charge in [0, 0.05) is 12.1 Å². The zero-order valence-electron chi connectivity index (χ0n) is 13.4. The smallest absolute Gasteiger partial charge is 0.315 e. The molecule has 0 saturated carbocycles. The molecule has 0 spiro atoms. The van der Waals surface area contributed by atoms with Crippen LogP contribution in [0.1, 0.15) is 44.4 Å². The van der Waals surface area contributed by atoms with E-state index in [-0.39, 0.29) is 11.6 Å². The second kappa shape index (κ2) is 6.64. The molecule has 2 N–H and O–H groups in total. The highest BCUT2D eigenvalue weighted by atomic mass is 16.5. The highest BCUT2D eigenvalue weighted by molar-refractivity contribution is 5.74. The third kappa shape index (κ3) is 5.11. The van der Waals surface area contributed by atoms with Gasteiger partial charge in [-0.2, -0.15) is 0 Å². The first kappa shape index (κ1) is 16.3. The van der Waals surface area contributed by atoms with Gasteiger partial charge in [-0.3, -0.25) is 0 Å². The average molecular weight is 278 g/mol. The van der Waals surface area contributed by atoms with Crippen molar-refractivity contribution in [1.82, 2.24) is 10.6 Å². The van der Waals surface area contributed by atoms with Crippen LogP contribution in [0.25, 0.3) is 0 Å². The second-order valence-corrected chi connectivity index (χ2v) is 6.03. The van der Waals surface area contributed by atoms with Crippen LogP contribution in [-0.4, -0.2) is 18.2 Å². The molecular weight excluding hydrogens is 252 g/mol. The van der Waals surface area contributed by atoms with E-state index in [0.29, 0.717) is 13.2 Å². The molecule has 20 heavy (non-hydrogen) atoms. The number of carbonyl (C=O) groups excluding carboxylic acids is 1. The molecule has 0 radical (unpaired) electrons. The van der Waals surface area contributed by atoms with Crippen molar-refractivity contribution in [2.24, 2.45) is 0 Å². The summed E-state index contributed by atoms with van der Waals surface area (Å²) in [5.41, 5.74) is 3.09. The van der Waals surface area contributed by atoms with Crippen molar-refractivity contribution in [3.05, 3.63) is 28.8 Å². The molecule has 0 aliphatic rings. The molecule has 0 saturated heterocycles. The number of rotatable bonds is 4. The lowest BCUT2D eigenvalue weighted by molar-refractivity contribution is 0.231. The molecule has 1 aromatic rings. The summed E-state index contributed by atoms with van der Waals surface area (Å²) < 4.78 is 5.56. The van der Waals surface area contributed by atoms with Crippen LogP contribution < -0.4 is 15.4 Å². The number of nitrogens with one attached hydrogen (secondary N) is 2. The fraction of sp³-hybridized carbons (Fsp3) is 0.562. The highest BCUT2D eigenvalue weighted by Crippen LogP contribution is 2.22. The fourth-order valence-corrected chi connectivity index (χ4v) is 1.91. The molecule has 1 rings (SSSR count). The summed E-state index contributed by atoms with van der Waals surface area (Å²) in [7, 11) is 0. The zero-order valence-corrected chi connectivity index (χ0v) is 13.4. The Morgan fingerprint density at radius 2 is 1.85 bits per heavy atom. The Hall–Kier alpha value is -1.71. The van der Waals surface area contributed by atoms with Gasteiger partial charge in [0.25, 0.3) is 0 Å². The van der Waals surface area contributed by atoms with Crippen molar-refractivity contribution >= 4 is 6.03 Å². The second-order valence-electron chi connectivity index (χ2n) is 6.03. The normalized spacial score (nSPS) is 11.1. The van der Waals surface area contributed by atoms with Crippen LogP contribution in [0.5, 0.6) is 5.75 Å². The quantitative estimate of drug-likeness (QED) is 0.888. The van der Waals surface area contributed by atoms with Gasteiger partial charge in [-0.05, 0) is 64.3 Å². The summed E-state index contributed by atoms with van der Waals surface area (Å²) in [5.74, 6) is 0.910. The van der Waals surface area contributed by atoms with Crippen LogP contribution in [0.3, 0.4) is 0 Å². The maximum Gasteiger partial charge on any atom is 0.315 e. The summed E-state index contributed by atoms with van der Waals surface area (Å²) in [6.07, 6.45) is 0. The van der Waals surface area contributed by atoms with Gasteiger partial charge in [0.05, 0.1) is 6.61 Å². The molecule has 4 nitrogen and oxygen atoms in total. The molecule has 0 fully saturated rings. The Morgan fingerprint density at radius 1 is 1.20 bits per heavy atom. The Kier molecular flexibility index (Phi) is 5.43. The Labute approximate surface area is 121 Å². The number of benzene rings is 1. The summed E-state index contributed by atoms with van der Waals surface area (Å²) in [4.78, 5) is 11.8. The van der Waals surface area contributed by atoms with Crippen molar-refractivity contribution < 1.29 is 9.53 Å². The molecule has 4 heteroatoms. The van der Waals surface area contributed by atoms with Crippen LogP contribution in [0.2, 0.25) is 0 Å². The number of aryl methyl sites for hydroxylation is 2. The summed E-state index contributed by atoms with van der Waals surface area (Å²) in [6.45, 7) is 13.1. The Balaban J connectivity index is 2.69. The molecule has 112 valence electrons. The minimum absolute atomic E-state index is 0.150. The molecule has 0 aromatic heterocycles. The monoisotopic (exact) mass is 278 g/mol. The van der Waals surface area contributed by atoms with E-state index in [9.17, 15) is 4.79 Å². The molecule has 0 heterocycles. The first-order valence-electron chi connectivity index (χ1n) is 7.02. The number of amides is 2. The van der Waals surface area contributed by atoms with Crippen molar-refractivity contribution in [2.75, 3.05) is 6.61 Å². The highest BCUT2D eigenvalue weighted by Gasteiger charge is 2.13. The lowest BCUT2D eigenvalue weighted by Crippen LogP contribution is -2.46. The van der Waals surface area contributed by atoms with Crippen molar-refractivity contribution in [1.29, 1.82) is 0 Å². The van der Waals surface area contributed by atoms with Crippen LogP contribution >= 0.6 is 0 Å². The van der Waals surface area contributed by atoms with Gasteiger partial charge in [0.2, 0.25) is 0 Å². The van der Waals surface area contributed by atoms with Gasteiger partial charge in [-0.25, -0.2) is 4.79 Å². The van der Waals surface area contributed by atoms with Gasteiger partial charge >= 0.3 is 6.03 Å². The van der Waals surface area contributed by atoms with Crippen LogP contribution in [0, 0.1) is 13.8 Å². The molecule has 0 unspecified atom stereocenters. The van der Waals surface area contributed by atoms with Crippen molar-refractivity contribution in [3.8, 4) is 5.75 Å². The molecule has 0 aliphatic heterocycles. The van der Waals surface area contributed by atoms with Crippen LogP contribution in [-0.2, 0) is 6.54 Å². The van der Waals surface area contributed by atoms with Gasteiger partial charge in [-0.15, -0.1) is 0 Å². The van der Waals surface area contributed by atoms with E-state index >= 15 is 0 Å². The zero-order chi connectivity index (χ0) is 15.3. The Morgan fingerprint density at radius 3 is 2.40 bits per heavy atom. The predicted octanol–water partition coefficient (Wildman–Crippen LogP) is 3.30. The largest absolute Gasteiger partial charge is 0.494 e. The van der Waals surface area contributed by atoms with Crippen molar-refractivity contribution in [3.63, 3.8) is 0 Å². The minimum atomic E-state index is -0.228. The fourth-order valence-electron chi connectivity index (χ4n) is 1.91. The SMILES string of the molecule is CCOc1cc(C)c(CNC(=O)NC(C)(C)C)cc1C. The van der Waals surface area contributed by atoms with E-state index in [0.717, 1.165) is 22.4 Å². The van der Waals surface area contributed by atoms with Gasteiger partial charge in [0.15, 0.2) is 0 Å². The lowest BCUT2D eigenvalue weighted by atomic mass is 10.0. The molecule has 2 amide bonds. The van der Waals surface area contributed by atoms with Gasteiger partial charge in [0.1, 0.15) is 5.75 Å². The van der Waals surface area contributed by atoms with E-state index in [2.05, 4.69) is 16.7 Å². The number of carbonyl (C=O) groups is 1. The Bertz CT molecular complexity index is 476. The summed E-state index contributed by atoms with van der Waals surface area (Å²) >= 11 is 0. The third-order valence-corrected chi connectivity index (χ3v) is 2.86. The predicted molar refractivity (Wildman–Crippen MR) is 82.2 cm³/mol. The average Bonchev–Trinajstić information content (AvgIpc) is 2.30. The minimum Gasteiger partial charge on any atom is -0.494 e. The van der Waals surface area contributed by atoms with Gasteiger partial charge in [-0.1, -0.05) is 6.07 Å². The summed E-state index contributed by atoms with van der Waals surface area (Å²) in [6, 6.07) is 3.94. The molecule has 0 aliphatic carbocycles. The van der Waals surface area contributed by atoms with E-state index in [1.165, 1.54) is 0 Å². The topological polar surface area (TPSA) is 50.4 Å². The molecule has 0 bridgehead atoms. The van der Waals surface area contributed by atoms with Crippen molar-refractivity contribution in [2.45, 2.75) is 53.6 Å². The maximum absolute atomic E-state index is 11.8. The number of ether oxygens (including phenoxy) is 1. The van der Waals surface area contributed by atoms with E-state index in [4.69, 9.17) is 4.74 Å². The molecular formula is C16H26N2O2. The number of hydrogen-bond donors (Lipinski definition) is 2. The van der Waals surface area contributed by atoms with E-state index in [1.807, 2.05) is 47.6 Å². The summed E-state index contributed by atoms with van der Waals surface area (Å²) in [5, 5.41) is 5.76. The molecule has 0 atom stereocenters. The third-order valence-electron chi connectivity index (χ3n) is 2.86. The molecule has 1 aromatic carbocycles. The van der Waals surface area contributed by atoms with Gasteiger partial charge < -0.3 is 15.4 Å². The first-order valence-corrected chi connectivity index (χ1v) is 7.02. The van der Waals surface area contributed by atoms with Crippen LogP contribution in [0.15, 0.2) is 12.1 Å². The lowest BCUT2D eigenvalue weighted by Gasteiger charge is -2.21. The van der Waals surface area contributed by atoms with E-state index in [1.54, 1.807) is 0 Å².